The van der Waals surface area contributed by atoms with Gasteiger partial charge in [-0.05, 0) is 31.0 Å². The van der Waals surface area contributed by atoms with Crippen molar-refractivity contribution in [3.63, 3.8) is 0 Å². The Morgan fingerprint density at radius 2 is 1.90 bits per heavy atom. The number of aliphatic hydroxyl groups excluding tert-OH is 1. The Morgan fingerprint density at radius 3 is 2.43 bits per heavy atom. The number of hydrogen-bond donors (Lipinski definition) is 2. The first-order chi connectivity index (χ1) is 10.1. The second-order valence-electron chi connectivity index (χ2n) is 4.83. The summed E-state index contributed by atoms with van der Waals surface area (Å²) in [5, 5.41) is 11.7. The van der Waals surface area contributed by atoms with Crippen LogP contribution in [0.5, 0.6) is 5.75 Å². The summed E-state index contributed by atoms with van der Waals surface area (Å²) in [5.74, 6) is 0.393. The zero-order valence-electron chi connectivity index (χ0n) is 12.3. The van der Waals surface area contributed by atoms with E-state index < -0.39 is 11.6 Å². The minimum Gasteiger partial charge on any atom is -0.494 e. The monoisotopic (exact) mass is 292 g/mol. The zero-order valence-corrected chi connectivity index (χ0v) is 12.3. The Labute approximate surface area is 123 Å². The van der Waals surface area contributed by atoms with Crippen molar-refractivity contribution in [1.82, 2.24) is 10.2 Å². The highest BCUT2D eigenvalue weighted by atomic mass is 16.5. The third kappa shape index (κ3) is 2.58. The van der Waals surface area contributed by atoms with Gasteiger partial charge in [0.2, 0.25) is 0 Å². The van der Waals surface area contributed by atoms with Crippen LogP contribution in [0, 0.1) is 0 Å². The van der Waals surface area contributed by atoms with E-state index in [2.05, 4.69) is 5.32 Å². The smallest absolute Gasteiger partial charge is 0.325 e. The predicted octanol–water partition coefficient (Wildman–Crippen LogP) is 1.23. The van der Waals surface area contributed by atoms with Crippen LogP contribution in [0.4, 0.5) is 4.79 Å². The van der Waals surface area contributed by atoms with Crippen molar-refractivity contribution in [3.05, 3.63) is 29.8 Å². The van der Waals surface area contributed by atoms with E-state index in [-0.39, 0.29) is 19.1 Å². The zero-order chi connectivity index (χ0) is 15.5. The third-order valence-corrected chi connectivity index (χ3v) is 3.69. The molecule has 1 atom stereocenters. The van der Waals surface area contributed by atoms with E-state index in [0.717, 1.165) is 10.6 Å². The summed E-state index contributed by atoms with van der Waals surface area (Å²) in [5.41, 5.74) is -0.343. The molecule has 1 aliphatic heterocycles. The van der Waals surface area contributed by atoms with Gasteiger partial charge in [-0.3, -0.25) is 9.69 Å². The average Bonchev–Trinajstić information content (AvgIpc) is 2.74. The molecule has 1 aromatic carbocycles. The summed E-state index contributed by atoms with van der Waals surface area (Å²) < 4.78 is 5.38. The summed E-state index contributed by atoms with van der Waals surface area (Å²) in [6.07, 6.45) is 0.438. The maximum atomic E-state index is 12.6. The number of nitrogens with one attached hydrogen (secondary N) is 1. The number of aliphatic hydroxyl groups is 1. The van der Waals surface area contributed by atoms with E-state index >= 15 is 0 Å². The summed E-state index contributed by atoms with van der Waals surface area (Å²) >= 11 is 0. The van der Waals surface area contributed by atoms with Crippen molar-refractivity contribution in [2.45, 2.75) is 25.8 Å². The lowest BCUT2D eigenvalue weighted by atomic mass is 9.87. The molecule has 3 amide bonds. The number of rotatable bonds is 6. The van der Waals surface area contributed by atoms with Gasteiger partial charge in [-0.15, -0.1) is 0 Å². The predicted molar refractivity (Wildman–Crippen MR) is 76.9 cm³/mol. The standard InChI is InChI=1S/C15H20N2O4/c1-3-15(11-5-7-12(8-6-11)21-4-2)13(19)17(9-10-18)14(20)16-15/h5-8,18H,3-4,9-10H2,1-2H3,(H,16,20). The van der Waals surface area contributed by atoms with Gasteiger partial charge < -0.3 is 15.2 Å². The van der Waals surface area contributed by atoms with Crippen LogP contribution in [0.2, 0.25) is 0 Å². The Kier molecular flexibility index (Phi) is 4.47. The van der Waals surface area contributed by atoms with Crippen LogP contribution in [0.3, 0.4) is 0 Å². The molecule has 1 heterocycles. The molecule has 1 saturated heterocycles. The molecule has 21 heavy (non-hydrogen) atoms. The van der Waals surface area contributed by atoms with E-state index in [1.807, 2.05) is 13.8 Å². The molecule has 1 aliphatic rings. The maximum Gasteiger partial charge on any atom is 0.325 e. The Bertz CT molecular complexity index is 529. The quantitative estimate of drug-likeness (QED) is 0.773. The minimum absolute atomic E-state index is 0.00342. The largest absolute Gasteiger partial charge is 0.494 e. The van der Waals surface area contributed by atoms with Gasteiger partial charge in [-0.1, -0.05) is 19.1 Å². The molecule has 1 unspecified atom stereocenters. The summed E-state index contributed by atoms with van der Waals surface area (Å²) in [6, 6.07) is 6.67. The minimum atomic E-state index is -1.06. The number of carbonyl (C=O) groups is 2. The summed E-state index contributed by atoms with van der Waals surface area (Å²) in [6.45, 7) is 4.07. The van der Waals surface area contributed by atoms with Crippen LogP contribution >= 0.6 is 0 Å². The van der Waals surface area contributed by atoms with E-state index in [9.17, 15) is 9.59 Å². The first kappa shape index (κ1) is 15.3. The van der Waals surface area contributed by atoms with Crippen molar-refractivity contribution >= 4 is 11.9 Å². The molecule has 2 rings (SSSR count). The van der Waals surface area contributed by atoms with Crippen LogP contribution in [-0.4, -0.2) is 41.7 Å². The Morgan fingerprint density at radius 1 is 1.24 bits per heavy atom. The van der Waals surface area contributed by atoms with E-state index in [1.54, 1.807) is 24.3 Å². The molecule has 0 radical (unpaired) electrons. The topological polar surface area (TPSA) is 78.9 Å². The van der Waals surface area contributed by atoms with Crippen molar-refractivity contribution in [2.75, 3.05) is 19.8 Å². The van der Waals surface area contributed by atoms with Crippen LogP contribution in [0.25, 0.3) is 0 Å². The fourth-order valence-corrected chi connectivity index (χ4v) is 2.57. The molecule has 0 saturated carbocycles. The maximum absolute atomic E-state index is 12.6. The number of ether oxygens (including phenoxy) is 1. The fourth-order valence-electron chi connectivity index (χ4n) is 2.57. The SMILES string of the molecule is CCOc1ccc(C2(CC)NC(=O)N(CCO)C2=O)cc1. The lowest BCUT2D eigenvalue weighted by Gasteiger charge is -2.26. The van der Waals surface area contributed by atoms with Crippen LogP contribution in [0.1, 0.15) is 25.8 Å². The normalized spacial score (nSPS) is 21.6. The molecule has 6 heteroatoms. The highest BCUT2D eigenvalue weighted by molar-refractivity contribution is 6.07. The fraction of sp³-hybridized carbons (Fsp3) is 0.467. The molecule has 1 fully saturated rings. The number of carbonyl (C=O) groups excluding carboxylic acids is 2. The lowest BCUT2D eigenvalue weighted by Crippen LogP contribution is -2.43. The van der Waals surface area contributed by atoms with Gasteiger partial charge in [-0.25, -0.2) is 4.79 Å². The average molecular weight is 292 g/mol. The Hall–Kier alpha value is -2.08. The van der Waals surface area contributed by atoms with Gasteiger partial charge in [0, 0.05) is 0 Å². The molecule has 0 aromatic heterocycles. The van der Waals surface area contributed by atoms with Crippen LogP contribution < -0.4 is 10.1 Å². The van der Waals surface area contributed by atoms with E-state index in [0.29, 0.717) is 18.6 Å². The first-order valence-electron chi connectivity index (χ1n) is 7.07. The molecule has 2 N–H and O–H groups in total. The molecule has 0 bridgehead atoms. The van der Waals surface area contributed by atoms with E-state index in [1.165, 1.54) is 0 Å². The van der Waals surface area contributed by atoms with Crippen molar-refractivity contribution in [1.29, 1.82) is 0 Å². The van der Waals surface area contributed by atoms with Crippen LogP contribution in [-0.2, 0) is 10.3 Å². The Balaban J connectivity index is 2.33. The molecule has 6 nitrogen and oxygen atoms in total. The number of imide groups is 1. The van der Waals surface area contributed by atoms with Gasteiger partial charge in [-0.2, -0.15) is 0 Å². The van der Waals surface area contributed by atoms with Gasteiger partial charge in [0.15, 0.2) is 0 Å². The molecule has 1 aromatic rings. The van der Waals surface area contributed by atoms with Gasteiger partial charge in [0.05, 0.1) is 19.8 Å². The second kappa shape index (κ2) is 6.13. The number of nitrogens with zero attached hydrogens (tertiary/aromatic N) is 1. The highest BCUT2D eigenvalue weighted by Crippen LogP contribution is 2.33. The third-order valence-electron chi connectivity index (χ3n) is 3.69. The molecule has 114 valence electrons. The van der Waals surface area contributed by atoms with Crippen molar-refractivity contribution in [3.8, 4) is 5.75 Å². The number of hydrogen-bond acceptors (Lipinski definition) is 4. The second-order valence-corrected chi connectivity index (χ2v) is 4.83. The first-order valence-corrected chi connectivity index (χ1v) is 7.07. The van der Waals surface area contributed by atoms with Gasteiger partial charge in [0.1, 0.15) is 11.3 Å². The van der Waals surface area contributed by atoms with Crippen molar-refractivity contribution < 1.29 is 19.4 Å². The highest BCUT2D eigenvalue weighted by Gasteiger charge is 2.50. The molecule has 0 aliphatic carbocycles. The molecular formula is C15H20N2O4. The lowest BCUT2D eigenvalue weighted by molar-refractivity contribution is -0.132. The summed E-state index contributed by atoms with van der Waals surface area (Å²) in [4.78, 5) is 25.6. The number of benzene rings is 1. The molecular weight excluding hydrogens is 272 g/mol. The number of urea groups is 1. The number of amides is 3. The number of β-amino-alcohol motifs (C(OH)–C–C–N with tert-alkyl or cyclic N) is 1. The van der Waals surface area contributed by atoms with Crippen molar-refractivity contribution in [2.24, 2.45) is 0 Å². The van der Waals surface area contributed by atoms with E-state index in [4.69, 9.17) is 9.84 Å². The summed E-state index contributed by atoms with van der Waals surface area (Å²) in [7, 11) is 0. The van der Waals surface area contributed by atoms with Gasteiger partial charge >= 0.3 is 6.03 Å². The molecule has 0 spiro atoms. The van der Waals surface area contributed by atoms with Crippen LogP contribution in [0.15, 0.2) is 24.3 Å². The van der Waals surface area contributed by atoms with Gasteiger partial charge in [0.25, 0.3) is 5.91 Å².